The minimum Gasteiger partial charge on any atom is -0.396 e. The zero-order valence-corrected chi connectivity index (χ0v) is 11.8. The van der Waals surface area contributed by atoms with Crippen molar-refractivity contribution in [1.82, 2.24) is 0 Å². The smallest absolute Gasteiger partial charge is 0.0533 e. The standard InChI is InChI=1S/2C5H10O.C4H10O2/c2*1-2-4-6-5-3-1;1-4(6)2-3-5/h2*1-5H2;4-6H,2-3H2,1H3. The summed E-state index contributed by atoms with van der Waals surface area (Å²) in [5, 5.41) is 16.5. The Labute approximate surface area is 111 Å². The molecule has 4 heteroatoms. The molecule has 2 rings (SSSR count). The van der Waals surface area contributed by atoms with Gasteiger partial charge in [0.05, 0.1) is 6.10 Å². The number of hydrogen-bond donors (Lipinski definition) is 2. The fourth-order valence-electron chi connectivity index (χ4n) is 1.56. The second-order valence-corrected chi connectivity index (χ2v) is 4.71. The van der Waals surface area contributed by atoms with E-state index in [1.54, 1.807) is 6.92 Å². The van der Waals surface area contributed by atoms with Crippen molar-refractivity contribution < 1.29 is 19.7 Å². The Morgan fingerprint density at radius 1 is 0.833 bits per heavy atom. The van der Waals surface area contributed by atoms with Crippen molar-refractivity contribution >= 4 is 0 Å². The lowest BCUT2D eigenvalue weighted by Crippen LogP contribution is -2.03. The van der Waals surface area contributed by atoms with Gasteiger partial charge in [-0.25, -0.2) is 0 Å². The molecule has 0 amide bonds. The molecule has 2 saturated heterocycles. The summed E-state index contributed by atoms with van der Waals surface area (Å²) < 4.78 is 10.1. The van der Waals surface area contributed by atoms with Crippen molar-refractivity contribution in [2.24, 2.45) is 0 Å². The number of hydrogen-bond acceptors (Lipinski definition) is 4. The predicted octanol–water partition coefficient (Wildman–Crippen LogP) is 2.12. The highest BCUT2D eigenvalue weighted by atomic mass is 16.5. The highest BCUT2D eigenvalue weighted by molar-refractivity contribution is 4.45. The van der Waals surface area contributed by atoms with Gasteiger partial charge < -0.3 is 19.7 Å². The fraction of sp³-hybridized carbons (Fsp3) is 1.00. The van der Waals surface area contributed by atoms with Crippen LogP contribution in [-0.4, -0.2) is 49.4 Å². The Bertz CT molecular complexity index is 108. The van der Waals surface area contributed by atoms with E-state index in [1.807, 2.05) is 0 Å². The fourth-order valence-corrected chi connectivity index (χ4v) is 1.56. The van der Waals surface area contributed by atoms with E-state index in [4.69, 9.17) is 19.7 Å². The maximum absolute atomic E-state index is 8.39. The van der Waals surface area contributed by atoms with Crippen LogP contribution in [0.1, 0.15) is 51.9 Å². The van der Waals surface area contributed by atoms with E-state index in [9.17, 15) is 0 Å². The summed E-state index contributed by atoms with van der Waals surface area (Å²) in [7, 11) is 0. The molecule has 2 heterocycles. The Hall–Kier alpha value is -0.160. The molecule has 18 heavy (non-hydrogen) atoms. The summed E-state index contributed by atoms with van der Waals surface area (Å²) in [6.07, 6.45) is 8.00. The van der Waals surface area contributed by atoms with E-state index in [-0.39, 0.29) is 12.7 Å². The summed E-state index contributed by atoms with van der Waals surface area (Å²) in [6, 6.07) is 0. The normalized spacial score (nSPS) is 20.8. The van der Waals surface area contributed by atoms with E-state index in [0.29, 0.717) is 6.42 Å². The van der Waals surface area contributed by atoms with Gasteiger partial charge in [0.2, 0.25) is 0 Å². The van der Waals surface area contributed by atoms with E-state index < -0.39 is 0 Å². The highest BCUT2D eigenvalue weighted by Gasteiger charge is 1.95. The lowest BCUT2D eigenvalue weighted by atomic mass is 10.2. The SMILES string of the molecule is C1CCOCC1.C1CCOCC1.CC(O)CCO. The van der Waals surface area contributed by atoms with Crippen LogP contribution in [0.25, 0.3) is 0 Å². The van der Waals surface area contributed by atoms with Gasteiger partial charge in [0, 0.05) is 33.0 Å². The van der Waals surface area contributed by atoms with Crippen LogP contribution in [0.2, 0.25) is 0 Å². The molecule has 0 aliphatic carbocycles. The van der Waals surface area contributed by atoms with E-state index in [1.165, 1.54) is 38.5 Å². The molecule has 0 spiro atoms. The van der Waals surface area contributed by atoms with Crippen molar-refractivity contribution in [2.45, 2.75) is 58.0 Å². The van der Waals surface area contributed by atoms with Crippen LogP contribution in [0.3, 0.4) is 0 Å². The molecule has 0 radical (unpaired) electrons. The predicted molar refractivity (Wildman–Crippen MR) is 72.7 cm³/mol. The van der Waals surface area contributed by atoms with E-state index in [0.717, 1.165) is 26.4 Å². The minimum atomic E-state index is -0.352. The Morgan fingerprint density at radius 3 is 1.28 bits per heavy atom. The molecule has 0 aromatic rings. The van der Waals surface area contributed by atoms with Crippen molar-refractivity contribution in [3.63, 3.8) is 0 Å². The van der Waals surface area contributed by atoms with Crippen LogP contribution in [0.15, 0.2) is 0 Å². The van der Waals surface area contributed by atoms with Gasteiger partial charge in [-0.2, -0.15) is 0 Å². The average Bonchev–Trinajstić information content (AvgIpc) is 2.44. The van der Waals surface area contributed by atoms with Crippen LogP contribution < -0.4 is 0 Å². The molecule has 2 aliphatic rings. The Morgan fingerprint density at radius 2 is 1.22 bits per heavy atom. The first-order valence-corrected chi connectivity index (χ1v) is 7.21. The molecule has 0 aromatic carbocycles. The molecule has 0 bridgehead atoms. The monoisotopic (exact) mass is 262 g/mol. The van der Waals surface area contributed by atoms with Crippen molar-refractivity contribution in [2.75, 3.05) is 33.0 Å². The molecule has 0 saturated carbocycles. The van der Waals surface area contributed by atoms with E-state index in [2.05, 4.69) is 0 Å². The molecular formula is C14H30O4. The van der Waals surface area contributed by atoms with Crippen molar-refractivity contribution in [1.29, 1.82) is 0 Å². The largest absolute Gasteiger partial charge is 0.396 e. The van der Waals surface area contributed by atoms with Gasteiger partial charge in [-0.05, 0) is 51.9 Å². The van der Waals surface area contributed by atoms with Crippen LogP contribution in [0, 0.1) is 0 Å². The lowest BCUT2D eigenvalue weighted by Gasteiger charge is -2.08. The summed E-state index contributed by atoms with van der Waals surface area (Å²) >= 11 is 0. The number of aliphatic hydroxyl groups is 2. The average molecular weight is 262 g/mol. The number of ether oxygens (including phenoxy) is 2. The highest BCUT2D eigenvalue weighted by Crippen LogP contribution is 2.02. The van der Waals surface area contributed by atoms with Crippen molar-refractivity contribution in [3.05, 3.63) is 0 Å². The summed E-state index contributed by atoms with van der Waals surface area (Å²) in [4.78, 5) is 0. The molecular weight excluding hydrogens is 232 g/mol. The summed E-state index contributed by atoms with van der Waals surface area (Å²) in [5.74, 6) is 0. The maximum Gasteiger partial charge on any atom is 0.0533 e. The first-order chi connectivity index (χ1) is 8.77. The second kappa shape index (κ2) is 14.9. The van der Waals surface area contributed by atoms with Gasteiger partial charge >= 0.3 is 0 Å². The number of rotatable bonds is 2. The minimum absolute atomic E-state index is 0.0810. The van der Waals surface area contributed by atoms with Gasteiger partial charge in [-0.15, -0.1) is 0 Å². The van der Waals surface area contributed by atoms with Crippen LogP contribution >= 0.6 is 0 Å². The third-order valence-corrected chi connectivity index (χ3v) is 2.70. The van der Waals surface area contributed by atoms with Gasteiger partial charge in [0.15, 0.2) is 0 Å². The van der Waals surface area contributed by atoms with Crippen LogP contribution in [0.4, 0.5) is 0 Å². The first-order valence-electron chi connectivity index (χ1n) is 7.21. The number of aliphatic hydroxyl groups excluding tert-OH is 2. The van der Waals surface area contributed by atoms with E-state index >= 15 is 0 Å². The Balaban J connectivity index is 0.000000241. The zero-order valence-electron chi connectivity index (χ0n) is 11.8. The summed E-state index contributed by atoms with van der Waals surface area (Å²) in [6.45, 7) is 5.73. The Kier molecular flexibility index (Phi) is 14.8. The van der Waals surface area contributed by atoms with Gasteiger partial charge in [0.25, 0.3) is 0 Å². The second-order valence-electron chi connectivity index (χ2n) is 4.71. The third-order valence-electron chi connectivity index (χ3n) is 2.70. The summed E-state index contributed by atoms with van der Waals surface area (Å²) in [5.41, 5.74) is 0. The molecule has 1 atom stereocenters. The zero-order chi connectivity index (χ0) is 13.5. The first kappa shape index (κ1) is 17.8. The van der Waals surface area contributed by atoms with Gasteiger partial charge in [-0.1, -0.05) is 0 Å². The van der Waals surface area contributed by atoms with Gasteiger partial charge in [-0.3, -0.25) is 0 Å². The van der Waals surface area contributed by atoms with Gasteiger partial charge in [0.1, 0.15) is 0 Å². The maximum atomic E-state index is 8.39. The molecule has 110 valence electrons. The lowest BCUT2D eigenvalue weighted by molar-refractivity contribution is 0.0967. The third kappa shape index (κ3) is 15.8. The molecule has 2 aliphatic heterocycles. The molecule has 4 nitrogen and oxygen atoms in total. The quantitative estimate of drug-likeness (QED) is 0.800. The molecule has 0 aromatic heterocycles. The topological polar surface area (TPSA) is 58.9 Å². The molecule has 2 N–H and O–H groups in total. The van der Waals surface area contributed by atoms with Crippen LogP contribution in [0.5, 0.6) is 0 Å². The molecule has 2 fully saturated rings. The molecule has 1 unspecified atom stereocenters. The van der Waals surface area contributed by atoms with Crippen molar-refractivity contribution in [3.8, 4) is 0 Å². The van der Waals surface area contributed by atoms with Crippen LogP contribution in [-0.2, 0) is 9.47 Å².